The molecule has 0 fully saturated rings. The summed E-state index contributed by atoms with van der Waals surface area (Å²) in [5.74, 6) is -1.32. The minimum Gasteiger partial charge on any atom is -0.478 e. The van der Waals surface area contributed by atoms with Crippen molar-refractivity contribution >= 4 is 5.97 Å². The Morgan fingerprint density at radius 3 is 2.50 bits per heavy atom. The molecular formula is C12H12F3NO2. The van der Waals surface area contributed by atoms with Gasteiger partial charge in [0, 0.05) is 5.69 Å². The van der Waals surface area contributed by atoms with E-state index in [1.54, 1.807) is 0 Å². The number of carboxylic acid groups (broad SMARTS) is 1. The summed E-state index contributed by atoms with van der Waals surface area (Å²) in [6, 6.07) is 0.645. The number of hydrogen-bond acceptors (Lipinski definition) is 2. The normalized spacial score (nSPS) is 15.9. The first-order valence-electron chi connectivity index (χ1n) is 5.73. The number of nitrogens with zero attached hydrogens (tertiary/aromatic N) is 1. The van der Waals surface area contributed by atoms with Crippen molar-refractivity contribution in [1.29, 1.82) is 0 Å². The number of halogens is 3. The molecular weight excluding hydrogens is 247 g/mol. The van der Waals surface area contributed by atoms with Gasteiger partial charge in [-0.25, -0.2) is 9.78 Å². The Bertz CT molecular complexity index is 483. The summed E-state index contributed by atoms with van der Waals surface area (Å²) >= 11 is 0. The van der Waals surface area contributed by atoms with E-state index in [2.05, 4.69) is 4.98 Å². The number of carbonyl (C=O) groups is 1. The first kappa shape index (κ1) is 12.9. The van der Waals surface area contributed by atoms with Crippen LogP contribution < -0.4 is 0 Å². The van der Waals surface area contributed by atoms with Crippen LogP contribution in [0, 0.1) is 0 Å². The maximum atomic E-state index is 12.6. The zero-order chi connectivity index (χ0) is 13.3. The molecule has 0 atom stereocenters. The summed E-state index contributed by atoms with van der Waals surface area (Å²) < 4.78 is 37.9. The molecule has 0 radical (unpaired) electrons. The Kier molecular flexibility index (Phi) is 3.28. The van der Waals surface area contributed by atoms with Crippen LogP contribution in [0.25, 0.3) is 0 Å². The maximum Gasteiger partial charge on any atom is 0.433 e. The van der Waals surface area contributed by atoms with Gasteiger partial charge in [-0.05, 0) is 37.3 Å². The molecule has 0 bridgehead atoms. The highest BCUT2D eigenvalue weighted by molar-refractivity contribution is 5.89. The summed E-state index contributed by atoms with van der Waals surface area (Å²) in [7, 11) is 0. The van der Waals surface area contributed by atoms with Crippen molar-refractivity contribution in [3.63, 3.8) is 0 Å². The van der Waals surface area contributed by atoms with Crippen LogP contribution in [-0.2, 0) is 19.0 Å². The SMILES string of the molecule is O=C(O)c1cc(C(F)(F)F)nc2c1CCCCC2. The average molecular weight is 259 g/mol. The molecule has 0 amide bonds. The third kappa shape index (κ3) is 2.47. The van der Waals surface area contributed by atoms with Gasteiger partial charge < -0.3 is 5.11 Å². The number of pyridine rings is 1. The van der Waals surface area contributed by atoms with Crippen LogP contribution in [0.4, 0.5) is 13.2 Å². The fraction of sp³-hybridized carbons (Fsp3) is 0.500. The zero-order valence-corrected chi connectivity index (χ0v) is 9.55. The lowest BCUT2D eigenvalue weighted by atomic mass is 10.0. The quantitative estimate of drug-likeness (QED) is 0.788. The predicted molar refractivity (Wildman–Crippen MR) is 57.5 cm³/mol. The van der Waals surface area contributed by atoms with Crippen LogP contribution in [0.1, 0.15) is 46.6 Å². The summed E-state index contributed by atoms with van der Waals surface area (Å²) in [4.78, 5) is 14.7. The predicted octanol–water partition coefficient (Wildman–Crippen LogP) is 3.07. The maximum absolute atomic E-state index is 12.6. The molecule has 1 heterocycles. The number of aromatic nitrogens is 1. The van der Waals surface area contributed by atoms with Gasteiger partial charge in [-0.15, -0.1) is 0 Å². The van der Waals surface area contributed by atoms with Crippen molar-refractivity contribution < 1.29 is 23.1 Å². The molecule has 1 aromatic heterocycles. The number of aryl methyl sites for hydroxylation is 1. The Labute approximate surface area is 102 Å². The standard InChI is InChI=1S/C12H12F3NO2/c13-12(14,15)10-6-8(11(17)18)7-4-2-1-3-5-9(7)16-10/h6H,1-5H2,(H,17,18). The minimum atomic E-state index is -4.61. The second-order valence-corrected chi connectivity index (χ2v) is 4.34. The van der Waals surface area contributed by atoms with E-state index >= 15 is 0 Å². The molecule has 0 spiro atoms. The van der Waals surface area contributed by atoms with Gasteiger partial charge in [-0.1, -0.05) is 6.42 Å². The fourth-order valence-corrected chi connectivity index (χ4v) is 2.22. The summed E-state index contributed by atoms with van der Waals surface area (Å²) in [6.07, 6.45) is -1.27. The molecule has 0 saturated carbocycles. The smallest absolute Gasteiger partial charge is 0.433 e. The number of rotatable bonds is 1. The zero-order valence-electron chi connectivity index (χ0n) is 9.55. The van der Waals surface area contributed by atoms with E-state index in [9.17, 15) is 18.0 Å². The molecule has 1 aliphatic carbocycles. The molecule has 6 heteroatoms. The Balaban J connectivity index is 2.60. The summed E-state index contributed by atoms with van der Waals surface area (Å²) in [6.45, 7) is 0. The van der Waals surface area contributed by atoms with E-state index in [4.69, 9.17) is 5.11 Å². The van der Waals surface area contributed by atoms with Crippen molar-refractivity contribution in [2.45, 2.75) is 38.3 Å². The van der Waals surface area contributed by atoms with Gasteiger partial charge in [0.1, 0.15) is 5.69 Å². The van der Waals surface area contributed by atoms with E-state index in [-0.39, 0.29) is 5.56 Å². The van der Waals surface area contributed by atoms with Gasteiger partial charge in [-0.2, -0.15) is 13.2 Å². The van der Waals surface area contributed by atoms with Crippen molar-refractivity contribution in [3.8, 4) is 0 Å². The number of carboxylic acids is 1. The van der Waals surface area contributed by atoms with Crippen LogP contribution in [0.3, 0.4) is 0 Å². The van der Waals surface area contributed by atoms with Crippen LogP contribution in [0.2, 0.25) is 0 Å². The van der Waals surface area contributed by atoms with Gasteiger partial charge in [0.2, 0.25) is 0 Å². The molecule has 18 heavy (non-hydrogen) atoms. The van der Waals surface area contributed by atoms with Gasteiger partial charge in [0.15, 0.2) is 0 Å². The molecule has 2 rings (SSSR count). The van der Waals surface area contributed by atoms with Gasteiger partial charge >= 0.3 is 12.1 Å². The number of hydrogen-bond donors (Lipinski definition) is 1. The van der Waals surface area contributed by atoms with Gasteiger partial charge in [0.05, 0.1) is 5.56 Å². The van der Waals surface area contributed by atoms with E-state index in [0.717, 1.165) is 19.3 Å². The van der Waals surface area contributed by atoms with E-state index in [1.807, 2.05) is 0 Å². The third-order valence-electron chi connectivity index (χ3n) is 3.07. The van der Waals surface area contributed by atoms with Crippen LogP contribution in [0.5, 0.6) is 0 Å². The van der Waals surface area contributed by atoms with Gasteiger partial charge in [-0.3, -0.25) is 0 Å². The third-order valence-corrected chi connectivity index (χ3v) is 3.07. The van der Waals surface area contributed by atoms with Crippen LogP contribution in [0.15, 0.2) is 6.07 Å². The first-order chi connectivity index (χ1) is 8.39. The summed E-state index contributed by atoms with van der Waals surface area (Å²) in [5.41, 5.74) is -0.609. The fourth-order valence-electron chi connectivity index (χ4n) is 2.22. The number of fused-ring (bicyclic) bond motifs is 1. The summed E-state index contributed by atoms with van der Waals surface area (Å²) in [5, 5.41) is 9.03. The molecule has 3 nitrogen and oxygen atoms in total. The molecule has 0 saturated heterocycles. The molecule has 1 aromatic rings. The van der Waals surface area contributed by atoms with E-state index in [1.165, 1.54) is 0 Å². The monoisotopic (exact) mass is 259 g/mol. The topological polar surface area (TPSA) is 50.2 Å². The lowest BCUT2D eigenvalue weighted by molar-refractivity contribution is -0.141. The highest BCUT2D eigenvalue weighted by Crippen LogP contribution is 2.32. The van der Waals surface area contributed by atoms with Crippen LogP contribution >= 0.6 is 0 Å². The molecule has 0 aromatic carbocycles. The molecule has 0 aliphatic heterocycles. The Hall–Kier alpha value is -1.59. The second-order valence-electron chi connectivity index (χ2n) is 4.34. The first-order valence-corrected chi connectivity index (χ1v) is 5.73. The van der Waals surface area contributed by atoms with Crippen molar-refractivity contribution in [3.05, 3.63) is 28.6 Å². The highest BCUT2D eigenvalue weighted by atomic mass is 19.4. The van der Waals surface area contributed by atoms with Crippen molar-refractivity contribution in [2.75, 3.05) is 0 Å². The minimum absolute atomic E-state index is 0.255. The molecule has 1 N–H and O–H groups in total. The molecule has 98 valence electrons. The van der Waals surface area contributed by atoms with Crippen molar-refractivity contribution in [1.82, 2.24) is 4.98 Å². The van der Waals surface area contributed by atoms with E-state index < -0.39 is 17.8 Å². The van der Waals surface area contributed by atoms with Gasteiger partial charge in [0.25, 0.3) is 0 Å². The number of aromatic carboxylic acids is 1. The van der Waals surface area contributed by atoms with Crippen LogP contribution in [-0.4, -0.2) is 16.1 Å². The van der Waals surface area contributed by atoms with E-state index in [0.29, 0.717) is 30.2 Å². The Morgan fingerprint density at radius 2 is 1.89 bits per heavy atom. The molecule has 0 unspecified atom stereocenters. The second kappa shape index (κ2) is 4.59. The number of alkyl halides is 3. The highest BCUT2D eigenvalue weighted by Gasteiger charge is 2.35. The largest absolute Gasteiger partial charge is 0.478 e. The Morgan fingerprint density at radius 1 is 1.22 bits per heavy atom. The lowest BCUT2D eigenvalue weighted by Crippen LogP contribution is -2.15. The lowest BCUT2D eigenvalue weighted by Gasteiger charge is -2.13. The molecule has 1 aliphatic rings. The van der Waals surface area contributed by atoms with Crippen molar-refractivity contribution in [2.24, 2.45) is 0 Å². The average Bonchev–Trinajstić information content (AvgIpc) is 2.50.